The first-order chi connectivity index (χ1) is 8.99. The largest absolute Gasteiger partial charge is 0.348 e. The van der Waals surface area contributed by atoms with Crippen molar-refractivity contribution < 1.29 is 9.59 Å². The Morgan fingerprint density at radius 3 is 2.63 bits per heavy atom. The van der Waals surface area contributed by atoms with Crippen molar-refractivity contribution in [1.82, 2.24) is 15.2 Å². The standard InChI is InChI=1S/C12H17ClN4O2/c1-17(2)7-3-6-14-11(18)12(19)16-10-5-4-9(13)8-15-10/h4-5,8H,3,6-7H2,1-2H3,(H,14,18)(H,15,16,19). The third-order valence-corrected chi connectivity index (χ3v) is 2.47. The fourth-order valence-electron chi connectivity index (χ4n) is 1.30. The van der Waals surface area contributed by atoms with Crippen LogP contribution in [-0.4, -0.2) is 48.9 Å². The molecule has 1 aromatic heterocycles. The number of halogens is 1. The lowest BCUT2D eigenvalue weighted by Gasteiger charge is -2.09. The highest BCUT2D eigenvalue weighted by atomic mass is 35.5. The second-order valence-corrected chi connectivity index (χ2v) is 4.66. The summed E-state index contributed by atoms with van der Waals surface area (Å²) >= 11 is 5.66. The van der Waals surface area contributed by atoms with Crippen LogP contribution in [0.2, 0.25) is 5.02 Å². The minimum absolute atomic E-state index is 0.290. The summed E-state index contributed by atoms with van der Waals surface area (Å²) in [6, 6.07) is 3.11. The summed E-state index contributed by atoms with van der Waals surface area (Å²) in [6.45, 7) is 1.30. The Hall–Kier alpha value is -1.66. The summed E-state index contributed by atoms with van der Waals surface area (Å²) in [7, 11) is 3.89. The quantitative estimate of drug-likeness (QED) is 0.618. The average Bonchev–Trinajstić information content (AvgIpc) is 2.36. The summed E-state index contributed by atoms with van der Waals surface area (Å²) in [5.74, 6) is -1.12. The summed E-state index contributed by atoms with van der Waals surface area (Å²) < 4.78 is 0. The number of pyridine rings is 1. The van der Waals surface area contributed by atoms with Gasteiger partial charge in [-0.1, -0.05) is 11.6 Å². The van der Waals surface area contributed by atoms with Gasteiger partial charge in [0.15, 0.2) is 0 Å². The van der Waals surface area contributed by atoms with Crippen molar-refractivity contribution in [2.24, 2.45) is 0 Å². The van der Waals surface area contributed by atoms with Crippen molar-refractivity contribution in [3.8, 4) is 0 Å². The van der Waals surface area contributed by atoms with E-state index in [-0.39, 0.29) is 5.82 Å². The van der Waals surface area contributed by atoms with Gasteiger partial charge in [0.05, 0.1) is 5.02 Å². The summed E-state index contributed by atoms with van der Waals surface area (Å²) in [6.07, 6.45) is 2.18. The number of aromatic nitrogens is 1. The maximum Gasteiger partial charge on any atom is 0.314 e. The van der Waals surface area contributed by atoms with E-state index in [0.29, 0.717) is 11.6 Å². The van der Waals surface area contributed by atoms with Gasteiger partial charge in [0.25, 0.3) is 0 Å². The molecule has 0 saturated carbocycles. The predicted octanol–water partition coefficient (Wildman–Crippen LogP) is 0.741. The monoisotopic (exact) mass is 284 g/mol. The number of amides is 2. The van der Waals surface area contributed by atoms with Crippen molar-refractivity contribution in [2.45, 2.75) is 6.42 Å². The molecule has 1 heterocycles. The topological polar surface area (TPSA) is 74.3 Å². The first kappa shape index (κ1) is 15.4. The Morgan fingerprint density at radius 1 is 1.32 bits per heavy atom. The van der Waals surface area contributed by atoms with Gasteiger partial charge in [0.1, 0.15) is 5.82 Å². The van der Waals surface area contributed by atoms with Crippen LogP contribution in [0.1, 0.15) is 6.42 Å². The minimum Gasteiger partial charge on any atom is -0.348 e. The number of rotatable bonds is 5. The molecule has 2 N–H and O–H groups in total. The Bertz CT molecular complexity index is 434. The van der Waals surface area contributed by atoms with Crippen molar-refractivity contribution in [3.05, 3.63) is 23.4 Å². The van der Waals surface area contributed by atoms with E-state index in [1.165, 1.54) is 12.3 Å². The van der Waals surface area contributed by atoms with Crippen LogP contribution in [0.15, 0.2) is 18.3 Å². The zero-order valence-electron chi connectivity index (χ0n) is 10.9. The smallest absolute Gasteiger partial charge is 0.314 e. The Kier molecular flexibility index (Phi) is 6.24. The van der Waals surface area contributed by atoms with E-state index in [1.807, 2.05) is 19.0 Å². The zero-order valence-corrected chi connectivity index (χ0v) is 11.7. The van der Waals surface area contributed by atoms with Gasteiger partial charge in [-0.05, 0) is 39.2 Å². The van der Waals surface area contributed by atoms with Crippen molar-refractivity contribution in [3.63, 3.8) is 0 Å². The van der Waals surface area contributed by atoms with E-state index >= 15 is 0 Å². The molecule has 1 rings (SSSR count). The van der Waals surface area contributed by atoms with Crippen LogP contribution < -0.4 is 10.6 Å². The Labute approximate surface area is 117 Å². The molecule has 0 unspecified atom stereocenters. The molecule has 0 spiro atoms. The van der Waals surface area contributed by atoms with E-state index in [9.17, 15) is 9.59 Å². The summed E-state index contributed by atoms with van der Waals surface area (Å²) in [4.78, 5) is 28.9. The summed E-state index contributed by atoms with van der Waals surface area (Å²) in [5.41, 5.74) is 0. The number of nitrogens with zero attached hydrogens (tertiary/aromatic N) is 2. The van der Waals surface area contributed by atoms with Crippen LogP contribution in [0.25, 0.3) is 0 Å². The van der Waals surface area contributed by atoms with Crippen molar-refractivity contribution in [1.29, 1.82) is 0 Å². The second-order valence-electron chi connectivity index (χ2n) is 4.23. The fourth-order valence-corrected chi connectivity index (χ4v) is 1.41. The number of carbonyl (C=O) groups excluding carboxylic acids is 2. The normalized spacial score (nSPS) is 10.3. The predicted molar refractivity (Wildman–Crippen MR) is 74.1 cm³/mol. The zero-order chi connectivity index (χ0) is 14.3. The SMILES string of the molecule is CN(C)CCCNC(=O)C(=O)Nc1ccc(Cl)cn1. The van der Waals surface area contributed by atoms with Gasteiger partial charge in [-0.2, -0.15) is 0 Å². The van der Waals surface area contributed by atoms with Crippen LogP contribution in [0.4, 0.5) is 5.82 Å². The van der Waals surface area contributed by atoms with E-state index in [1.54, 1.807) is 6.07 Å². The maximum atomic E-state index is 11.5. The average molecular weight is 285 g/mol. The number of hydrogen-bond donors (Lipinski definition) is 2. The molecule has 0 saturated heterocycles. The Balaban J connectivity index is 2.32. The molecule has 2 amide bonds. The molecule has 19 heavy (non-hydrogen) atoms. The molecule has 0 atom stereocenters. The van der Waals surface area contributed by atoms with E-state index in [4.69, 9.17) is 11.6 Å². The lowest BCUT2D eigenvalue weighted by molar-refractivity contribution is -0.136. The molecular formula is C12H17ClN4O2. The van der Waals surface area contributed by atoms with Crippen molar-refractivity contribution >= 4 is 29.2 Å². The van der Waals surface area contributed by atoms with Gasteiger partial charge in [-0.25, -0.2) is 4.98 Å². The highest BCUT2D eigenvalue weighted by molar-refractivity contribution is 6.39. The van der Waals surface area contributed by atoms with Gasteiger partial charge in [-0.3, -0.25) is 9.59 Å². The molecule has 0 bridgehead atoms. The van der Waals surface area contributed by atoms with Crippen molar-refractivity contribution in [2.75, 3.05) is 32.5 Å². The van der Waals surface area contributed by atoms with E-state index in [2.05, 4.69) is 15.6 Å². The van der Waals surface area contributed by atoms with Gasteiger partial charge >= 0.3 is 11.8 Å². The maximum absolute atomic E-state index is 11.5. The number of carbonyl (C=O) groups is 2. The highest BCUT2D eigenvalue weighted by Gasteiger charge is 2.13. The molecule has 0 fully saturated rings. The van der Waals surface area contributed by atoms with Gasteiger partial charge in [0.2, 0.25) is 0 Å². The lowest BCUT2D eigenvalue weighted by atomic mass is 10.4. The highest BCUT2D eigenvalue weighted by Crippen LogP contribution is 2.09. The van der Waals surface area contributed by atoms with Gasteiger partial charge in [0, 0.05) is 12.7 Å². The molecule has 6 nitrogen and oxygen atoms in total. The first-order valence-corrected chi connectivity index (χ1v) is 6.22. The molecule has 0 radical (unpaired) electrons. The van der Waals surface area contributed by atoms with Gasteiger partial charge in [-0.15, -0.1) is 0 Å². The second kappa shape index (κ2) is 7.70. The first-order valence-electron chi connectivity index (χ1n) is 5.84. The Morgan fingerprint density at radius 2 is 2.05 bits per heavy atom. The third kappa shape index (κ3) is 6.17. The lowest BCUT2D eigenvalue weighted by Crippen LogP contribution is -2.36. The molecule has 7 heteroatoms. The number of anilines is 1. The molecule has 1 aromatic rings. The van der Waals surface area contributed by atoms with E-state index < -0.39 is 11.8 Å². The van der Waals surface area contributed by atoms with Crippen LogP contribution >= 0.6 is 11.6 Å². The fraction of sp³-hybridized carbons (Fsp3) is 0.417. The number of hydrogen-bond acceptors (Lipinski definition) is 4. The molecule has 0 aliphatic heterocycles. The summed E-state index contributed by atoms with van der Waals surface area (Å²) in [5, 5.41) is 5.39. The van der Waals surface area contributed by atoms with Crippen LogP contribution in [-0.2, 0) is 9.59 Å². The molecule has 0 aromatic carbocycles. The van der Waals surface area contributed by atoms with Crippen LogP contribution in [0, 0.1) is 0 Å². The van der Waals surface area contributed by atoms with Crippen LogP contribution in [0.5, 0.6) is 0 Å². The van der Waals surface area contributed by atoms with Gasteiger partial charge < -0.3 is 15.5 Å². The molecule has 0 aliphatic carbocycles. The minimum atomic E-state index is -0.736. The molecular weight excluding hydrogens is 268 g/mol. The van der Waals surface area contributed by atoms with E-state index in [0.717, 1.165) is 13.0 Å². The van der Waals surface area contributed by atoms with Crippen LogP contribution in [0.3, 0.4) is 0 Å². The molecule has 104 valence electrons. The number of nitrogens with one attached hydrogen (secondary N) is 2. The third-order valence-electron chi connectivity index (χ3n) is 2.24. The molecule has 0 aliphatic rings.